The summed E-state index contributed by atoms with van der Waals surface area (Å²) in [7, 11) is 0. The summed E-state index contributed by atoms with van der Waals surface area (Å²) in [6.45, 7) is 0.986. The predicted octanol–water partition coefficient (Wildman–Crippen LogP) is 1.26. The number of rotatable bonds is 1. The minimum Gasteiger partial charge on any atom is -0.397 e. The van der Waals surface area contributed by atoms with Crippen molar-refractivity contribution in [3.63, 3.8) is 0 Å². The van der Waals surface area contributed by atoms with E-state index in [1.165, 1.54) is 12.8 Å². The number of hydrogen-bond donors (Lipinski definition) is 1. The molecule has 16 heavy (non-hydrogen) atoms. The largest absolute Gasteiger partial charge is 0.397 e. The maximum Gasteiger partial charge on any atom is 0.166 e. The van der Waals surface area contributed by atoms with E-state index in [1.807, 2.05) is 6.07 Å². The molecule has 5 heteroatoms. The highest BCUT2D eigenvalue weighted by molar-refractivity contribution is 5.70. The molecule has 0 bridgehead atoms. The molecule has 0 radical (unpaired) electrons. The standard InChI is InChI=1S/C11H13N5/c12-9-7-13-5-4-8(9)11-15-14-10-3-1-2-6-16(10)11/h4-5,7H,1-3,6,12H2. The summed E-state index contributed by atoms with van der Waals surface area (Å²) in [5, 5.41) is 8.45. The summed E-state index contributed by atoms with van der Waals surface area (Å²) in [6, 6.07) is 1.89. The Bertz CT molecular complexity index is 517. The molecule has 3 heterocycles. The molecule has 2 aromatic heterocycles. The highest BCUT2D eigenvalue weighted by Gasteiger charge is 2.17. The minimum atomic E-state index is 0.656. The first kappa shape index (κ1) is 9.33. The molecule has 0 saturated carbocycles. The van der Waals surface area contributed by atoms with E-state index in [2.05, 4.69) is 19.7 Å². The van der Waals surface area contributed by atoms with Gasteiger partial charge in [-0.15, -0.1) is 10.2 Å². The van der Waals surface area contributed by atoms with Gasteiger partial charge in [0, 0.05) is 24.7 Å². The molecule has 0 fully saturated rings. The van der Waals surface area contributed by atoms with Gasteiger partial charge < -0.3 is 10.3 Å². The van der Waals surface area contributed by atoms with E-state index in [4.69, 9.17) is 5.73 Å². The van der Waals surface area contributed by atoms with Gasteiger partial charge in [0.2, 0.25) is 0 Å². The molecule has 1 aliphatic rings. The number of hydrogen-bond acceptors (Lipinski definition) is 4. The minimum absolute atomic E-state index is 0.656. The van der Waals surface area contributed by atoms with Crippen molar-refractivity contribution in [2.75, 3.05) is 5.73 Å². The Morgan fingerprint density at radius 2 is 2.19 bits per heavy atom. The van der Waals surface area contributed by atoms with Crippen molar-refractivity contribution in [1.82, 2.24) is 19.7 Å². The van der Waals surface area contributed by atoms with Gasteiger partial charge >= 0.3 is 0 Å². The Hall–Kier alpha value is -1.91. The van der Waals surface area contributed by atoms with Gasteiger partial charge in [-0.05, 0) is 18.9 Å². The molecule has 0 aromatic carbocycles. The van der Waals surface area contributed by atoms with Crippen LogP contribution in [-0.4, -0.2) is 19.7 Å². The molecule has 0 atom stereocenters. The number of aryl methyl sites for hydroxylation is 1. The van der Waals surface area contributed by atoms with E-state index in [0.29, 0.717) is 5.69 Å². The molecule has 1 aliphatic heterocycles. The quantitative estimate of drug-likeness (QED) is 0.777. The molecule has 0 amide bonds. The average molecular weight is 215 g/mol. The van der Waals surface area contributed by atoms with Gasteiger partial charge in [0.15, 0.2) is 5.82 Å². The highest BCUT2D eigenvalue weighted by Crippen LogP contribution is 2.26. The van der Waals surface area contributed by atoms with Crippen LogP contribution >= 0.6 is 0 Å². The fraction of sp³-hybridized carbons (Fsp3) is 0.364. The maximum atomic E-state index is 5.90. The molecule has 2 aromatic rings. The van der Waals surface area contributed by atoms with E-state index in [9.17, 15) is 0 Å². The Morgan fingerprint density at radius 3 is 3.06 bits per heavy atom. The third-order valence-corrected chi connectivity index (χ3v) is 2.95. The molecular formula is C11H13N5. The Morgan fingerprint density at radius 1 is 1.25 bits per heavy atom. The van der Waals surface area contributed by atoms with Crippen LogP contribution in [-0.2, 0) is 13.0 Å². The normalized spacial score (nSPS) is 14.8. The zero-order valence-electron chi connectivity index (χ0n) is 8.93. The summed E-state index contributed by atoms with van der Waals surface area (Å²) in [5.74, 6) is 1.94. The second-order valence-corrected chi connectivity index (χ2v) is 4.01. The number of nitrogens with two attached hydrogens (primary N) is 1. The van der Waals surface area contributed by atoms with Crippen LogP contribution in [0.5, 0.6) is 0 Å². The van der Waals surface area contributed by atoms with Gasteiger partial charge in [0.05, 0.1) is 11.9 Å². The number of aromatic nitrogens is 4. The summed E-state index contributed by atoms with van der Waals surface area (Å²) in [4.78, 5) is 3.98. The van der Waals surface area contributed by atoms with Gasteiger partial charge in [-0.2, -0.15) is 0 Å². The SMILES string of the molecule is Nc1cnccc1-c1nnc2n1CCCC2. The molecule has 0 saturated heterocycles. The first-order chi connectivity index (χ1) is 7.86. The lowest BCUT2D eigenvalue weighted by atomic mass is 10.1. The molecule has 2 N–H and O–H groups in total. The van der Waals surface area contributed by atoms with Gasteiger partial charge in [-0.25, -0.2) is 0 Å². The van der Waals surface area contributed by atoms with Crippen molar-refractivity contribution < 1.29 is 0 Å². The second-order valence-electron chi connectivity index (χ2n) is 4.01. The van der Waals surface area contributed by atoms with Crippen LogP contribution < -0.4 is 5.73 Å². The summed E-state index contributed by atoms with van der Waals surface area (Å²) in [6.07, 6.45) is 6.78. The van der Waals surface area contributed by atoms with Crippen LogP contribution in [0.15, 0.2) is 18.5 Å². The van der Waals surface area contributed by atoms with Crippen LogP contribution in [0.2, 0.25) is 0 Å². The average Bonchev–Trinajstić information content (AvgIpc) is 2.74. The first-order valence-corrected chi connectivity index (χ1v) is 5.48. The Kier molecular flexibility index (Phi) is 2.09. The van der Waals surface area contributed by atoms with Crippen LogP contribution in [0, 0.1) is 0 Å². The first-order valence-electron chi connectivity index (χ1n) is 5.48. The number of pyridine rings is 1. The van der Waals surface area contributed by atoms with E-state index in [1.54, 1.807) is 12.4 Å². The van der Waals surface area contributed by atoms with E-state index >= 15 is 0 Å². The third kappa shape index (κ3) is 1.36. The molecule has 5 nitrogen and oxygen atoms in total. The van der Waals surface area contributed by atoms with Gasteiger partial charge in [0.1, 0.15) is 5.82 Å². The molecule has 3 rings (SSSR count). The number of nitrogens with zero attached hydrogens (tertiary/aromatic N) is 4. The lowest BCUT2D eigenvalue weighted by molar-refractivity contribution is 0.526. The topological polar surface area (TPSA) is 69.6 Å². The van der Waals surface area contributed by atoms with Crippen molar-refractivity contribution in [1.29, 1.82) is 0 Å². The smallest absolute Gasteiger partial charge is 0.166 e. The summed E-state index contributed by atoms with van der Waals surface area (Å²) < 4.78 is 2.16. The summed E-state index contributed by atoms with van der Waals surface area (Å²) in [5.41, 5.74) is 7.48. The van der Waals surface area contributed by atoms with Crippen molar-refractivity contribution in [3.05, 3.63) is 24.3 Å². The maximum absolute atomic E-state index is 5.90. The zero-order valence-corrected chi connectivity index (χ0v) is 8.93. The van der Waals surface area contributed by atoms with Crippen molar-refractivity contribution in [2.24, 2.45) is 0 Å². The van der Waals surface area contributed by atoms with Crippen molar-refractivity contribution >= 4 is 5.69 Å². The fourth-order valence-electron chi connectivity index (χ4n) is 2.12. The Labute approximate surface area is 93.3 Å². The predicted molar refractivity (Wildman–Crippen MR) is 60.6 cm³/mol. The monoisotopic (exact) mass is 215 g/mol. The van der Waals surface area contributed by atoms with Crippen LogP contribution in [0.25, 0.3) is 11.4 Å². The lowest BCUT2D eigenvalue weighted by Crippen LogP contribution is -2.11. The molecule has 0 spiro atoms. The van der Waals surface area contributed by atoms with E-state index in [-0.39, 0.29) is 0 Å². The third-order valence-electron chi connectivity index (χ3n) is 2.95. The van der Waals surface area contributed by atoms with Gasteiger partial charge in [-0.1, -0.05) is 0 Å². The van der Waals surface area contributed by atoms with Crippen LogP contribution in [0.1, 0.15) is 18.7 Å². The lowest BCUT2D eigenvalue weighted by Gasteiger charge is -2.15. The van der Waals surface area contributed by atoms with Gasteiger partial charge in [-0.3, -0.25) is 4.98 Å². The van der Waals surface area contributed by atoms with Crippen LogP contribution in [0.3, 0.4) is 0 Å². The highest BCUT2D eigenvalue weighted by atomic mass is 15.3. The fourth-order valence-corrected chi connectivity index (χ4v) is 2.12. The Balaban J connectivity index is 2.13. The molecule has 0 unspecified atom stereocenters. The molecule has 82 valence electrons. The number of fused-ring (bicyclic) bond motifs is 1. The second kappa shape index (κ2) is 3.59. The van der Waals surface area contributed by atoms with Crippen molar-refractivity contribution in [2.45, 2.75) is 25.8 Å². The van der Waals surface area contributed by atoms with E-state index < -0.39 is 0 Å². The molecule has 0 aliphatic carbocycles. The number of nitrogen functional groups attached to an aromatic ring is 1. The van der Waals surface area contributed by atoms with Gasteiger partial charge in [0.25, 0.3) is 0 Å². The summed E-state index contributed by atoms with van der Waals surface area (Å²) >= 11 is 0. The molecular weight excluding hydrogens is 202 g/mol. The van der Waals surface area contributed by atoms with Crippen LogP contribution in [0.4, 0.5) is 5.69 Å². The zero-order chi connectivity index (χ0) is 11.0. The van der Waals surface area contributed by atoms with Crippen molar-refractivity contribution in [3.8, 4) is 11.4 Å². The van der Waals surface area contributed by atoms with E-state index in [0.717, 1.165) is 30.2 Å². The number of anilines is 1.